The second kappa shape index (κ2) is 8.42. The highest BCUT2D eigenvalue weighted by Crippen LogP contribution is 2.37. The fraction of sp³-hybridized carbons (Fsp3) is 0.286. The Kier molecular flexibility index (Phi) is 5.81. The first kappa shape index (κ1) is 22.1. The molecule has 1 amide bonds. The molecular formula is C21H17ClF4N4O2. The number of nitrogens with one attached hydrogen (secondary N) is 1. The largest absolute Gasteiger partial charge is 0.419 e. The summed E-state index contributed by atoms with van der Waals surface area (Å²) in [4.78, 5) is 25.2. The maximum Gasteiger partial charge on any atom is 0.419 e. The highest BCUT2D eigenvalue weighted by molar-refractivity contribution is 6.30. The summed E-state index contributed by atoms with van der Waals surface area (Å²) in [6.45, 7) is -1.04. The first-order valence-corrected chi connectivity index (χ1v) is 10.1. The minimum absolute atomic E-state index is 0.0216. The second-order valence-corrected chi connectivity index (χ2v) is 7.86. The molecular weight excluding hydrogens is 452 g/mol. The Morgan fingerprint density at radius 1 is 1.16 bits per heavy atom. The molecule has 1 N–H and O–H groups in total. The van der Waals surface area contributed by atoms with Crippen molar-refractivity contribution < 1.29 is 22.4 Å². The maximum absolute atomic E-state index is 13.7. The van der Waals surface area contributed by atoms with Crippen LogP contribution in [0.3, 0.4) is 0 Å². The molecule has 11 heteroatoms. The molecule has 1 aromatic heterocycles. The molecule has 1 fully saturated rings. The van der Waals surface area contributed by atoms with Crippen molar-refractivity contribution in [1.29, 1.82) is 0 Å². The van der Waals surface area contributed by atoms with Gasteiger partial charge in [0.05, 0.1) is 5.56 Å². The Morgan fingerprint density at radius 2 is 1.84 bits per heavy atom. The van der Waals surface area contributed by atoms with Crippen LogP contribution in [0, 0.1) is 5.82 Å². The van der Waals surface area contributed by atoms with E-state index >= 15 is 0 Å². The SMILES string of the molecule is O=C(Cn1nc(-c2ccc(Cl)cc2)n(C2CC2)c1=O)NCc1cccc(F)c1C(F)(F)F. The van der Waals surface area contributed by atoms with Crippen LogP contribution < -0.4 is 11.0 Å². The van der Waals surface area contributed by atoms with Crippen molar-refractivity contribution in [2.24, 2.45) is 0 Å². The van der Waals surface area contributed by atoms with Gasteiger partial charge in [-0.15, -0.1) is 5.10 Å². The summed E-state index contributed by atoms with van der Waals surface area (Å²) >= 11 is 5.91. The lowest BCUT2D eigenvalue weighted by Crippen LogP contribution is -2.33. The smallest absolute Gasteiger partial charge is 0.350 e. The Bertz CT molecular complexity index is 1210. The third-order valence-electron chi connectivity index (χ3n) is 5.04. The number of nitrogens with zero attached hydrogens (tertiary/aromatic N) is 3. The average molecular weight is 469 g/mol. The van der Waals surface area contributed by atoms with Crippen molar-refractivity contribution in [2.45, 2.75) is 38.1 Å². The number of carbonyl (C=O) groups is 1. The Hall–Kier alpha value is -3.14. The first-order chi connectivity index (χ1) is 15.1. The van der Waals surface area contributed by atoms with Crippen molar-refractivity contribution in [3.05, 3.63) is 74.9 Å². The number of alkyl halides is 3. The molecule has 0 unspecified atom stereocenters. The third kappa shape index (κ3) is 4.55. The molecule has 2 aromatic carbocycles. The lowest BCUT2D eigenvalue weighted by Gasteiger charge is -2.14. The van der Waals surface area contributed by atoms with Gasteiger partial charge in [-0.1, -0.05) is 23.7 Å². The van der Waals surface area contributed by atoms with Gasteiger partial charge < -0.3 is 5.32 Å². The van der Waals surface area contributed by atoms with Gasteiger partial charge in [0.1, 0.15) is 12.4 Å². The lowest BCUT2D eigenvalue weighted by atomic mass is 10.1. The van der Waals surface area contributed by atoms with Crippen LogP contribution in [0.15, 0.2) is 47.3 Å². The molecule has 0 atom stereocenters. The van der Waals surface area contributed by atoms with E-state index < -0.39 is 47.8 Å². The monoisotopic (exact) mass is 468 g/mol. The van der Waals surface area contributed by atoms with Crippen molar-refractivity contribution in [2.75, 3.05) is 0 Å². The van der Waals surface area contributed by atoms with Crippen LogP contribution in [-0.4, -0.2) is 20.3 Å². The second-order valence-electron chi connectivity index (χ2n) is 7.42. The topological polar surface area (TPSA) is 68.9 Å². The van der Waals surface area contributed by atoms with E-state index in [1.807, 2.05) is 0 Å². The number of benzene rings is 2. The van der Waals surface area contributed by atoms with Gasteiger partial charge in [0.15, 0.2) is 5.82 Å². The molecule has 0 saturated heterocycles. The zero-order valence-electron chi connectivity index (χ0n) is 16.5. The predicted octanol–water partition coefficient (Wildman–Crippen LogP) is 4.17. The minimum Gasteiger partial charge on any atom is -0.350 e. The summed E-state index contributed by atoms with van der Waals surface area (Å²) in [5, 5.41) is 7.08. The number of halogens is 5. The van der Waals surface area contributed by atoms with E-state index in [2.05, 4.69) is 10.4 Å². The minimum atomic E-state index is -4.90. The van der Waals surface area contributed by atoms with E-state index in [4.69, 9.17) is 11.6 Å². The van der Waals surface area contributed by atoms with Gasteiger partial charge in [-0.05, 0) is 48.7 Å². The van der Waals surface area contributed by atoms with E-state index in [0.717, 1.165) is 29.7 Å². The highest BCUT2D eigenvalue weighted by atomic mass is 35.5. The number of carbonyl (C=O) groups excluding carboxylic acids is 1. The predicted molar refractivity (Wildman–Crippen MR) is 108 cm³/mol. The lowest BCUT2D eigenvalue weighted by molar-refractivity contribution is -0.141. The Labute approximate surface area is 184 Å². The molecule has 6 nitrogen and oxygen atoms in total. The zero-order valence-corrected chi connectivity index (χ0v) is 17.3. The van der Waals surface area contributed by atoms with Crippen molar-refractivity contribution in [1.82, 2.24) is 19.7 Å². The van der Waals surface area contributed by atoms with Gasteiger partial charge in [-0.3, -0.25) is 9.36 Å². The molecule has 1 aliphatic rings. The van der Waals surface area contributed by atoms with Crippen molar-refractivity contribution >= 4 is 17.5 Å². The summed E-state index contributed by atoms with van der Waals surface area (Å²) < 4.78 is 55.5. The van der Waals surface area contributed by atoms with Crippen molar-refractivity contribution in [3.8, 4) is 11.4 Å². The van der Waals surface area contributed by atoms with Crippen LogP contribution in [0.25, 0.3) is 11.4 Å². The standard InChI is InChI=1S/C21H17ClF4N4O2/c22-14-6-4-12(5-7-14)19-28-29(20(32)30(19)15-8-9-15)11-17(31)27-10-13-2-1-3-16(23)18(13)21(24,25)26/h1-7,15H,8-11H2,(H,27,31). The fourth-order valence-electron chi connectivity index (χ4n) is 3.40. The summed E-state index contributed by atoms with van der Waals surface area (Å²) in [6.07, 6.45) is -3.30. The van der Waals surface area contributed by atoms with Crippen molar-refractivity contribution in [3.63, 3.8) is 0 Å². The quantitative estimate of drug-likeness (QED) is 0.552. The molecule has 0 radical (unpaired) electrons. The van der Waals surface area contributed by atoms with E-state index in [1.54, 1.807) is 24.3 Å². The number of amides is 1. The summed E-state index contributed by atoms with van der Waals surface area (Å²) in [5.74, 6) is -1.77. The normalized spacial score (nSPS) is 13.9. The maximum atomic E-state index is 13.7. The molecule has 4 rings (SSSR count). The highest BCUT2D eigenvalue weighted by Gasteiger charge is 2.36. The Balaban J connectivity index is 1.54. The number of rotatable bonds is 6. The number of hydrogen-bond acceptors (Lipinski definition) is 3. The number of hydrogen-bond donors (Lipinski definition) is 1. The van der Waals surface area contributed by atoms with Gasteiger partial charge >= 0.3 is 11.9 Å². The molecule has 3 aromatic rings. The van der Waals surface area contributed by atoms with Gasteiger partial charge in [0.25, 0.3) is 0 Å². The van der Waals surface area contributed by atoms with Crippen LogP contribution in [0.1, 0.15) is 30.0 Å². The summed E-state index contributed by atoms with van der Waals surface area (Å²) in [6, 6.07) is 9.61. The van der Waals surface area contributed by atoms with E-state index in [0.29, 0.717) is 22.5 Å². The van der Waals surface area contributed by atoms with Crippen LogP contribution in [0.5, 0.6) is 0 Å². The summed E-state index contributed by atoms with van der Waals surface area (Å²) in [5.41, 5.74) is -1.69. The van der Waals surface area contributed by atoms with E-state index in [9.17, 15) is 27.2 Å². The molecule has 168 valence electrons. The first-order valence-electron chi connectivity index (χ1n) is 9.71. The molecule has 32 heavy (non-hydrogen) atoms. The van der Waals surface area contributed by atoms with Gasteiger partial charge in [0, 0.05) is 23.2 Å². The van der Waals surface area contributed by atoms with Crippen LogP contribution >= 0.6 is 11.6 Å². The average Bonchev–Trinajstić information content (AvgIpc) is 3.51. The van der Waals surface area contributed by atoms with E-state index in [-0.39, 0.29) is 6.04 Å². The van der Waals surface area contributed by atoms with Gasteiger partial charge in [-0.2, -0.15) is 13.2 Å². The third-order valence-corrected chi connectivity index (χ3v) is 5.29. The van der Waals surface area contributed by atoms with Crippen LogP contribution in [0.2, 0.25) is 5.02 Å². The molecule has 1 saturated carbocycles. The van der Waals surface area contributed by atoms with Gasteiger partial charge in [-0.25, -0.2) is 13.9 Å². The summed E-state index contributed by atoms with van der Waals surface area (Å²) in [7, 11) is 0. The molecule has 0 bridgehead atoms. The zero-order chi connectivity index (χ0) is 23.0. The van der Waals surface area contributed by atoms with Crippen LogP contribution in [-0.2, 0) is 24.1 Å². The molecule has 1 heterocycles. The van der Waals surface area contributed by atoms with Crippen LogP contribution in [0.4, 0.5) is 17.6 Å². The van der Waals surface area contributed by atoms with E-state index in [1.165, 1.54) is 4.57 Å². The van der Waals surface area contributed by atoms with Gasteiger partial charge in [0.2, 0.25) is 5.91 Å². The molecule has 0 aliphatic heterocycles. The molecule has 0 spiro atoms. The molecule has 1 aliphatic carbocycles. The number of aromatic nitrogens is 3. The fourth-order valence-corrected chi connectivity index (χ4v) is 3.53. The Morgan fingerprint density at radius 3 is 2.47 bits per heavy atom.